The predicted molar refractivity (Wildman–Crippen MR) is 140 cm³/mol. The molecule has 0 radical (unpaired) electrons. The first-order chi connectivity index (χ1) is 17.5. The fraction of sp³-hybridized carbons (Fsp3) is 0.0345. The normalized spacial score (nSPS) is 10.9. The molecule has 0 aliphatic rings. The Balaban J connectivity index is 1.68. The van der Waals surface area contributed by atoms with Crippen LogP contribution in [0, 0.1) is 11.6 Å². The number of amides is 2. The Bertz CT molecular complexity index is 1550. The van der Waals surface area contributed by atoms with Crippen LogP contribution in [0.1, 0.15) is 5.56 Å². The Morgan fingerprint density at radius 1 is 0.889 bits per heavy atom. The van der Waals surface area contributed by atoms with Gasteiger partial charge in [0.05, 0.1) is 29.6 Å². The van der Waals surface area contributed by atoms with Crippen LogP contribution in [0.3, 0.4) is 0 Å². The van der Waals surface area contributed by atoms with Gasteiger partial charge in [0.15, 0.2) is 0 Å². The van der Waals surface area contributed by atoms with E-state index in [2.05, 4.69) is 10.3 Å². The first-order valence-corrected chi connectivity index (χ1v) is 11.6. The lowest BCUT2D eigenvalue weighted by Gasteiger charge is -2.26. The maximum absolute atomic E-state index is 14.4. The van der Waals surface area contributed by atoms with Crippen LogP contribution in [-0.2, 0) is 6.54 Å². The van der Waals surface area contributed by atoms with Crippen LogP contribution in [0.25, 0.3) is 22.0 Å². The van der Waals surface area contributed by atoms with Crippen molar-refractivity contribution in [2.75, 3.05) is 10.2 Å². The van der Waals surface area contributed by atoms with Crippen LogP contribution >= 0.6 is 11.6 Å². The molecule has 4 nitrogen and oxygen atoms in total. The molecule has 1 aromatic heterocycles. The van der Waals surface area contributed by atoms with Crippen LogP contribution in [0.15, 0.2) is 103 Å². The molecule has 2 amide bonds. The maximum atomic E-state index is 14.4. The third-order valence-electron chi connectivity index (χ3n) is 5.76. The van der Waals surface area contributed by atoms with Gasteiger partial charge in [-0.15, -0.1) is 0 Å². The lowest BCUT2D eigenvalue weighted by molar-refractivity contribution is 0.256. The van der Waals surface area contributed by atoms with Crippen LogP contribution in [0.5, 0.6) is 0 Å². The number of rotatable bonds is 5. The SMILES string of the molecule is O=C(Nc1ccc(F)cc1F)N(Cc1ccccc1)c1cnc2ccc(Cl)cc2c1-c1ccccc1. The molecule has 5 aromatic rings. The van der Waals surface area contributed by atoms with E-state index in [4.69, 9.17) is 11.6 Å². The molecule has 5 rings (SSSR count). The minimum atomic E-state index is -0.866. The monoisotopic (exact) mass is 499 g/mol. The molecule has 4 aromatic carbocycles. The summed E-state index contributed by atoms with van der Waals surface area (Å²) in [6, 6.07) is 26.9. The smallest absolute Gasteiger partial charge is 0.305 e. The van der Waals surface area contributed by atoms with E-state index in [0.717, 1.165) is 34.2 Å². The molecule has 0 aliphatic heterocycles. The number of nitrogens with one attached hydrogen (secondary N) is 1. The number of halogens is 3. The second kappa shape index (κ2) is 10.1. The van der Waals surface area contributed by atoms with Gasteiger partial charge in [0.25, 0.3) is 0 Å². The lowest BCUT2D eigenvalue weighted by Crippen LogP contribution is -2.35. The minimum absolute atomic E-state index is 0.127. The summed E-state index contributed by atoms with van der Waals surface area (Å²) in [6.45, 7) is 0.184. The number of aromatic nitrogens is 1. The molecule has 0 spiro atoms. The van der Waals surface area contributed by atoms with Crippen LogP contribution in [-0.4, -0.2) is 11.0 Å². The Labute approximate surface area is 211 Å². The van der Waals surface area contributed by atoms with Crippen molar-refractivity contribution < 1.29 is 13.6 Å². The molecule has 1 heterocycles. The molecule has 0 saturated heterocycles. The average molecular weight is 500 g/mol. The maximum Gasteiger partial charge on any atom is 0.326 e. The van der Waals surface area contributed by atoms with Crippen molar-refractivity contribution in [2.45, 2.75) is 6.54 Å². The summed E-state index contributed by atoms with van der Waals surface area (Å²) in [4.78, 5) is 19.7. The van der Waals surface area contributed by atoms with Gasteiger partial charge in [-0.1, -0.05) is 72.3 Å². The van der Waals surface area contributed by atoms with E-state index < -0.39 is 17.7 Å². The third-order valence-corrected chi connectivity index (χ3v) is 6.00. The number of hydrogen-bond donors (Lipinski definition) is 1. The number of carbonyl (C=O) groups excluding carboxylic acids is 1. The van der Waals surface area contributed by atoms with Gasteiger partial charge < -0.3 is 5.32 Å². The molecular formula is C29H20ClF2N3O. The van der Waals surface area contributed by atoms with Crippen molar-refractivity contribution >= 4 is 39.9 Å². The number of fused-ring (bicyclic) bond motifs is 1. The largest absolute Gasteiger partial charge is 0.326 e. The first-order valence-electron chi connectivity index (χ1n) is 11.2. The number of pyridine rings is 1. The van der Waals surface area contributed by atoms with E-state index in [1.54, 1.807) is 12.3 Å². The molecule has 7 heteroatoms. The minimum Gasteiger partial charge on any atom is -0.305 e. The molecule has 0 fully saturated rings. The fourth-order valence-electron chi connectivity index (χ4n) is 4.07. The Morgan fingerprint density at radius 3 is 2.33 bits per heavy atom. The van der Waals surface area contributed by atoms with Gasteiger partial charge in [0.2, 0.25) is 0 Å². The zero-order valence-electron chi connectivity index (χ0n) is 19.0. The summed E-state index contributed by atoms with van der Waals surface area (Å²) in [5.74, 6) is -1.59. The van der Waals surface area contributed by atoms with Crippen LogP contribution in [0.4, 0.5) is 25.0 Å². The average Bonchev–Trinajstić information content (AvgIpc) is 2.89. The standard InChI is InChI=1S/C29H20ClF2N3O/c30-21-11-13-25-23(15-21)28(20-9-5-2-6-10-20)27(17-33-25)35(18-19-7-3-1-4-8-19)29(36)34-26-14-12-22(31)16-24(26)32/h1-17H,18H2,(H,34,36). The van der Waals surface area contributed by atoms with Gasteiger partial charge in [-0.2, -0.15) is 0 Å². The van der Waals surface area contributed by atoms with Crippen molar-refractivity contribution in [1.82, 2.24) is 4.98 Å². The molecule has 0 bridgehead atoms. The van der Waals surface area contributed by atoms with E-state index in [-0.39, 0.29) is 12.2 Å². The van der Waals surface area contributed by atoms with Gasteiger partial charge in [0.1, 0.15) is 11.6 Å². The summed E-state index contributed by atoms with van der Waals surface area (Å²) >= 11 is 6.35. The van der Waals surface area contributed by atoms with Gasteiger partial charge in [0, 0.05) is 22.0 Å². The van der Waals surface area contributed by atoms with Crippen molar-refractivity contribution in [1.29, 1.82) is 0 Å². The van der Waals surface area contributed by atoms with Gasteiger partial charge in [-0.25, -0.2) is 13.6 Å². The zero-order valence-corrected chi connectivity index (χ0v) is 19.7. The lowest BCUT2D eigenvalue weighted by atomic mass is 9.98. The number of hydrogen-bond acceptors (Lipinski definition) is 2. The summed E-state index contributed by atoms with van der Waals surface area (Å²) in [6.07, 6.45) is 1.63. The second-order valence-electron chi connectivity index (χ2n) is 8.17. The zero-order chi connectivity index (χ0) is 25.1. The molecule has 0 atom stereocenters. The quantitative estimate of drug-likeness (QED) is 0.266. The number of anilines is 2. The highest BCUT2D eigenvalue weighted by Crippen LogP contribution is 2.38. The molecular weight excluding hydrogens is 480 g/mol. The Kier molecular flexibility index (Phi) is 6.60. The van der Waals surface area contributed by atoms with Crippen molar-refractivity contribution in [3.05, 3.63) is 125 Å². The summed E-state index contributed by atoms with van der Waals surface area (Å²) in [7, 11) is 0. The van der Waals surface area contributed by atoms with E-state index in [0.29, 0.717) is 16.2 Å². The van der Waals surface area contributed by atoms with Gasteiger partial charge >= 0.3 is 6.03 Å². The van der Waals surface area contributed by atoms with Crippen LogP contribution < -0.4 is 10.2 Å². The molecule has 0 saturated carbocycles. The van der Waals surface area contributed by atoms with E-state index >= 15 is 0 Å². The van der Waals surface area contributed by atoms with Gasteiger partial charge in [-0.05, 0) is 41.5 Å². The first kappa shape index (κ1) is 23.5. The summed E-state index contributed by atoms with van der Waals surface area (Å²) in [5, 5.41) is 3.89. The van der Waals surface area contributed by atoms with Crippen LogP contribution in [0.2, 0.25) is 5.02 Å². The molecule has 0 aliphatic carbocycles. The van der Waals surface area contributed by atoms with E-state index in [1.165, 1.54) is 11.0 Å². The van der Waals surface area contributed by atoms with E-state index in [1.807, 2.05) is 72.8 Å². The Morgan fingerprint density at radius 2 is 1.61 bits per heavy atom. The highest BCUT2D eigenvalue weighted by Gasteiger charge is 2.23. The molecule has 1 N–H and O–H groups in total. The number of benzene rings is 4. The summed E-state index contributed by atoms with van der Waals surface area (Å²) < 4.78 is 27.8. The molecule has 36 heavy (non-hydrogen) atoms. The number of urea groups is 1. The van der Waals surface area contributed by atoms with Crippen molar-refractivity contribution in [3.63, 3.8) is 0 Å². The number of carbonyl (C=O) groups is 1. The Hall–Kier alpha value is -4.29. The fourth-order valence-corrected chi connectivity index (χ4v) is 4.25. The topological polar surface area (TPSA) is 45.2 Å². The third kappa shape index (κ3) is 4.90. The molecule has 0 unspecified atom stereocenters. The molecule has 178 valence electrons. The van der Waals surface area contributed by atoms with Crippen molar-refractivity contribution in [2.24, 2.45) is 0 Å². The predicted octanol–water partition coefficient (Wildman–Crippen LogP) is 8.07. The van der Waals surface area contributed by atoms with Gasteiger partial charge in [-0.3, -0.25) is 9.88 Å². The highest BCUT2D eigenvalue weighted by atomic mass is 35.5. The van der Waals surface area contributed by atoms with E-state index in [9.17, 15) is 13.6 Å². The number of nitrogens with zero attached hydrogens (tertiary/aromatic N) is 2. The highest BCUT2D eigenvalue weighted by molar-refractivity contribution is 6.31. The van der Waals surface area contributed by atoms with Crippen molar-refractivity contribution in [3.8, 4) is 11.1 Å². The summed E-state index contributed by atoms with van der Waals surface area (Å²) in [5.41, 5.74) is 3.58. The second-order valence-corrected chi connectivity index (χ2v) is 8.61.